The van der Waals surface area contributed by atoms with Gasteiger partial charge in [0.05, 0.1) is 23.7 Å². The lowest BCUT2D eigenvalue weighted by atomic mass is 9.74. The number of likely N-dealkylation sites (tertiary alicyclic amines) is 1. The molecule has 2 amide bonds. The quantitative estimate of drug-likeness (QED) is 0.358. The summed E-state index contributed by atoms with van der Waals surface area (Å²) >= 11 is 0. The van der Waals surface area contributed by atoms with Crippen LogP contribution >= 0.6 is 0 Å². The van der Waals surface area contributed by atoms with Crippen molar-refractivity contribution in [2.75, 3.05) is 6.61 Å². The van der Waals surface area contributed by atoms with Gasteiger partial charge in [-0.1, -0.05) is 66.7 Å². The highest BCUT2D eigenvalue weighted by Crippen LogP contribution is 2.41. The van der Waals surface area contributed by atoms with Gasteiger partial charge in [0.15, 0.2) is 6.23 Å². The van der Waals surface area contributed by atoms with Crippen molar-refractivity contribution in [3.63, 3.8) is 0 Å². The SMILES string of the molecule is O=C1C[C@](Cc2ccccc2)(c2ccc3c(cnn3[C@H]3CCCCO3)c2)C(=O)N1Cc1ccccc1. The fourth-order valence-electron chi connectivity index (χ4n) is 5.63. The molecule has 0 N–H and O–H groups in total. The average Bonchev–Trinajstić information content (AvgIpc) is 3.45. The van der Waals surface area contributed by atoms with E-state index in [4.69, 9.17) is 4.74 Å². The van der Waals surface area contributed by atoms with Gasteiger partial charge >= 0.3 is 0 Å². The zero-order chi connectivity index (χ0) is 24.5. The zero-order valence-corrected chi connectivity index (χ0v) is 20.2. The van der Waals surface area contributed by atoms with E-state index < -0.39 is 5.41 Å². The molecule has 2 saturated heterocycles. The number of ether oxygens (including phenoxy) is 1. The molecular weight excluding hydrogens is 450 g/mol. The van der Waals surface area contributed by atoms with E-state index >= 15 is 0 Å². The van der Waals surface area contributed by atoms with Crippen LogP contribution in [0.1, 0.15) is 48.6 Å². The topological polar surface area (TPSA) is 64.4 Å². The van der Waals surface area contributed by atoms with E-state index in [-0.39, 0.29) is 31.0 Å². The molecule has 6 nitrogen and oxygen atoms in total. The largest absolute Gasteiger partial charge is 0.356 e. The molecule has 0 unspecified atom stereocenters. The number of imide groups is 1. The fourth-order valence-corrected chi connectivity index (χ4v) is 5.63. The lowest BCUT2D eigenvalue weighted by Crippen LogP contribution is -2.40. The summed E-state index contributed by atoms with van der Waals surface area (Å²) in [4.78, 5) is 28.8. The van der Waals surface area contributed by atoms with Crippen molar-refractivity contribution in [3.8, 4) is 0 Å². The number of nitrogens with zero attached hydrogens (tertiary/aromatic N) is 3. The smallest absolute Gasteiger partial charge is 0.241 e. The first-order valence-corrected chi connectivity index (χ1v) is 12.7. The Labute approximate surface area is 210 Å². The molecule has 0 aliphatic carbocycles. The lowest BCUT2D eigenvalue weighted by Gasteiger charge is -2.28. The molecule has 2 atom stereocenters. The van der Waals surface area contributed by atoms with E-state index in [1.807, 2.05) is 89.7 Å². The van der Waals surface area contributed by atoms with E-state index in [9.17, 15) is 9.59 Å². The van der Waals surface area contributed by atoms with Crippen LogP contribution in [0.15, 0.2) is 85.1 Å². The minimum absolute atomic E-state index is 0.0589. The summed E-state index contributed by atoms with van der Waals surface area (Å²) < 4.78 is 7.91. The molecule has 0 bridgehead atoms. The van der Waals surface area contributed by atoms with Crippen molar-refractivity contribution in [2.45, 2.75) is 50.3 Å². The van der Waals surface area contributed by atoms with Crippen molar-refractivity contribution in [1.29, 1.82) is 0 Å². The minimum atomic E-state index is -0.954. The molecule has 0 spiro atoms. The first-order chi connectivity index (χ1) is 17.6. The Morgan fingerprint density at radius 3 is 2.39 bits per heavy atom. The molecular formula is C30H29N3O3. The maximum atomic E-state index is 14.1. The number of benzene rings is 3. The third-order valence-electron chi connectivity index (χ3n) is 7.52. The van der Waals surface area contributed by atoms with Crippen LogP contribution in [0.25, 0.3) is 10.9 Å². The van der Waals surface area contributed by atoms with Gasteiger partial charge in [-0.25, -0.2) is 4.68 Å². The molecule has 2 aliphatic heterocycles. The van der Waals surface area contributed by atoms with Crippen LogP contribution in [-0.2, 0) is 32.7 Å². The summed E-state index contributed by atoms with van der Waals surface area (Å²) in [5.74, 6) is -0.270. The highest BCUT2D eigenvalue weighted by atomic mass is 16.5. The molecule has 3 heterocycles. The van der Waals surface area contributed by atoms with E-state index in [1.165, 1.54) is 4.90 Å². The van der Waals surface area contributed by atoms with Crippen LogP contribution in [-0.4, -0.2) is 33.1 Å². The lowest BCUT2D eigenvalue weighted by molar-refractivity contribution is -0.140. The Morgan fingerprint density at radius 2 is 1.67 bits per heavy atom. The predicted molar refractivity (Wildman–Crippen MR) is 137 cm³/mol. The van der Waals surface area contributed by atoms with Gasteiger partial charge in [-0.05, 0) is 54.5 Å². The number of fused-ring (bicyclic) bond motifs is 1. The van der Waals surface area contributed by atoms with E-state index in [2.05, 4.69) is 5.10 Å². The van der Waals surface area contributed by atoms with Crippen molar-refractivity contribution in [3.05, 3.63) is 102 Å². The summed E-state index contributed by atoms with van der Waals surface area (Å²) in [6.07, 6.45) is 5.55. The fraction of sp³-hybridized carbons (Fsp3) is 0.300. The second-order valence-electron chi connectivity index (χ2n) is 9.88. The Balaban J connectivity index is 1.40. The summed E-state index contributed by atoms with van der Waals surface area (Å²) in [6.45, 7) is 1.03. The summed E-state index contributed by atoms with van der Waals surface area (Å²) in [7, 11) is 0. The predicted octanol–water partition coefficient (Wildman–Crippen LogP) is 5.18. The van der Waals surface area contributed by atoms with E-state index in [0.29, 0.717) is 6.42 Å². The minimum Gasteiger partial charge on any atom is -0.356 e. The third kappa shape index (κ3) is 4.01. The Morgan fingerprint density at radius 1 is 0.917 bits per heavy atom. The third-order valence-corrected chi connectivity index (χ3v) is 7.52. The Bertz CT molecular complexity index is 1390. The van der Waals surface area contributed by atoms with Crippen LogP contribution in [0.2, 0.25) is 0 Å². The summed E-state index contributed by atoms with van der Waals surface area (Å²) in [5.41, 5.74) is 2.87. The van der Waals surface area contributed by atoms with Gasteiger partial charge in [0.2, 0.25) is 11.8 Å². The average molecular weight is 480 g/mol. The van der Waals surface area contributed by atoms with E-state index in [0.717, 1.165) is 53.5 Å². The Kier molecular flexibility index (Phi) is 5.89. The van der Waals surface area contributed by atoms with Gasteiger partial charge in [0.1, 0.15) is 0 Å². The number of aromatic nitrogens is 2. The molecule has 182 valence electrons. The van der Waals surface area contributed by atoms with Crippen LogP contribution in [0.3, 0.4) is 0 Å². The van der Waals surface area contributed by atoms with Gasteiger partial charge in [0, 0.05) is 18.4 Å². The molecule has 2 aliphatic rings. The standard InChI is InChI=1S/C30H29N3O3/c34-27-19-30(18-22-9-3-1-4-10-22,29(35)32(27)21-23-11-5-2-6-12-23)25-14-15-26-24(17-25)20-31-33(26)28-13-7-8-16-36-28/h1-6,9-12,14-15,17,20,28H,7-8,13,16,18-19,21H2/t28-,30-/m1/s1. The van der Waals surface area contributed by atoms with Crippen LogP contribution < -0.4 is 0 Å². The maximum absolute atomic E-state index is 14.1. The van der Waals surface area contributed by atoms with Crippen LogP contribution in [0, 0.1) is 0 Å². The van der Waals surface area contributed by atoms with Gasteiger partial charge in [-0.2, -0.15) is 5.10 Å². The zero-order valence-electron chi connectivity index (χ0n) is 20.2. The number of carbonyl (C=O) groups excluding carboxylic acids is 2. The highest BCUT2D eigenvalue weighted by molar-refractivity contribution is 6.09. The Hall–Kier alpha value is -3.77. The van der Waals surface area contributed by atoms with Gasteiger partial charge in [-0.15, -0.1) is 0 Å². The molecule has 4 aromatic rings. The van der Waals surface area contributed by atoms with E-state index in [1.54, 1.807) is 0 Å². The monoisotopic (exact) mass is 479 g/mol. The van der Waals surface area contributed by atoms with Crippen LogP contribution in [0.5, 0.6) is 0 Å². The maximum Gasteiger partial charge on any atom is 0.241 e. The van der Waals surface area contributed by atoms with Crippen molar-refractivity contribution in [1.82, 2.24) is 14.7 Å². The van der Waals surface area contributed by atoms with Crippen molar-refractivity contribution in [2.24, 2.45) is 0 Å². The molecule has 1 aromatic heterocycles. The van der Waals surface area contributed by atoms with Crippen molar-refractivity contribution >= 4 is 22.7 Å². The molecule has 6 rings (SSSR count). The number of carbonyl (C=O) groups is 2. The second kappa shape index (κ2) is 9.36. The first kappa shape index (κ1) is 22.7. The molecule has 2 fully saturated rings. The number of hydrogen-bond acceptors (Lipinski definition) is 4. The van der Waals surface area contributed by atoms with Crippen molar-refractivity contribution < 1.29 is 14.3 Å². The molecule has 6 heteroatoms. The molecule has 3 aromatic carbocycles. The number of amides is 2. The van der Waals surface area contributed by atoms with Gasteiger partial charge in [0.25, 0.3) is 0 Å². The number of hydrogen-bond donors (Lipinski definition) is 0. The molecule has 0 radical (unpaired) electrons. The number of rotatable bonds is 6. The molecule has 0 saturated carbocycles. The van der Waals surface area contributed by atoms with Crippen LogP contribution in [0.4, 0.5) is 0 Å². The van der Waals surface area contributed by atoms with Gasteiger partial charge < -0.3 is 4.74 Å². The normalized spacial score (nSPS) is 22.4. The first-order valence-electron chi connectivity index (χ1n) is 12.7. The highest BCUT2D eigenvalue weighted by Gasteiger charge is 2.52. The second-order valence-corrected chi connectivity index (χ2v) is 9.88. The van der Waals surface area contributed by atoms with Gasteiger partial charge in [-0.3, -0.25) is 14.5 Å². The summed E-state index contributed by atoms with van der Waals surface area (Å²) in [5, 5.41) is 5.58. The molecule has 36 heavy (non-hydrogen) atoms. The summed E-state index contributed by atoms with van der Waals surface area (Å²) in [6, 6.07) is 25.7.